The van der Waals surface area contributed by atoms with E-state index in [0.29, 0.717) is 46.3 Å². The molecule has 10 nitrogen and oxygen atoms in total. The van der Waals surface area contributed by atoms with E-state index in [2.05, 4.69) is 16.0 Å². The molecule has 0 spiro atoms. The van der Waals surface area contributed by atoms with Crippen LogP contribution in [0.1, 0.15) is 31.9 Å². The van der Waals surface area contributed by atoms with Crippen LogP contribution >= 0.6 is 0 Å². The number of amides is 4. The van der Waals surface area contributed by atoms with Gasteiger partial charge in [-0.15, -0.1) is 0 Å². The van der Waals surface area contributed by atoms with E-state index in [1.165, 1.54) is 26.2 Å². The van der Waals surface area contributed by atoms with Crippen LogP contribution in [0.15, 0.2) is 53.7 Å². The number of hydrogen-bond acceptors (Lipinski definition) is 6. The lowest BCUT2D eigenvalue weighted by atomic mass is 9.94. The maximum absolute atomic E-state index is 12.7. The van der Waals surface area contributed by atoms with Crippen LogP contribution in [-0.2, 0) is 9.53 Å². The predicted molar refractivity (Wildman–Crippen MR) is 132 cm³/mol. The Morgan fingerprint density at radius 3 is 2.26 bits per heavy atom. The number of nitrogens with zero attached hydrogens (tertiary/aromatic N) is 1. The van der Waals surface area contributed by atoms with E-state index in [1.54, 1.807) is 49.4 Å². The molecule has 10 heteroatoms. The molecule has 0 bridgehead atoms. The number of methoxy groups -OCH3 is 3. The minimum absolute atomic E-state index is 0.301. The number of carbonyl (C=O) groups excluding carboxylic acids is 3. The summed E-state index contributed by atoms with van der Waals surface area (Å²) in [6.07, 6.45) is 0.734. The SMILES string of the molecule is CCCN1C(=O)N[C@@H](c2cccc(NC(=O)Nc3cc(OC)cc(OC)c3)c2)C(C(=O)OC)=C1C. The van der Waals surface area contributed by atoms with Gasteiger partial charge in [0.05, 0.1) is 32.9 Å². The summed E-state index contributed by atoms with van der Waals surface area (Å²) in [7, 11) is 4.35. The van der Waals surface area contributed by atoms with Crippen LogP contribution in [0.5, 0.6) is 11.5 Å². The standard InChI is InChI=1S/C25H30N4O6/c1-6-10-29-15(2)21(23(30)35-5)22(28-25(29)32)16-8-7-9-17(11-16)26-24(31)27-18-12-19(33-3)14-20(13-18)34-4/h7-9,11-14,22H,6,10H2,1-5H3,(H,28,32)(H2,26,27,31)/t22-/m0/s1. The lowest BCUT2D eigenvalue weighted by Crippen LogP contribution is -2.48. The van der Waals surface area contributed by atoms with Crippen molar-refractivity contribution in [3.8, 4) is 11.5 Å². The maximum Gasteiger partial charge on any atom is 0.337 e. The van der Waals surface area contributed by atoms with Gasteiger partial charge in [0.25, 0.3) is 0 Å². The average molecular weight is 483 g/mol. The molecule has 0 unspecified atom stereocenters. The fourth-order valence-electron chi connectivity index (χ4n) is 3.87. The summed E-state index contributed by atoms with van der Waals surface area (Å²) in [4.78, 5) is 39.5. The van der Waals surface area contributed by atoms with Crippen LogP contribution in [0.25, 0.3) is 0 Å². The van der Waals surface area contributed by atoms with Gasteiger partial charge < -0.3 is 30.2 Å². The molecule has 0 aromatic heterocycles. The first-order valence-corrected chi connectivity index (χ1v) is 11.1. The highest BCUT2D eigenvalue weighted by Crippen LogP contribution is 2.32. The quantitative estimate of drug-likeness (QED) is 0.484. The van der Waals surface area contributed by atoms with Crippen LogP contribution in [-0.4, -0.2) is 50.8 Å². The number of nitrogens with one attached hydrogen (secondary N) is 3. The number of hydrogen-bond donors (Lipinski definition) is 3. The molecule has 4 amide bonds. The van der Waals surface area contributed by atoms with Crippen molar-refractivity contribution in [2.75, 3.05) is 38.5 Å². The first kappa shape index (κ1) is 25.4. The highest BCUT2D eigenvalue weighted by atomic mass is 16.5. The molecule has 1 heterocycles. The number of carbonyl (C=O) groups is 3. The van der Waals surface area contributed by atoms with Crippen molar-refractivity contribution in [2.24, 2.45) is 0 Å². The Hall–Kier alpha value is -4.21. The fraction of sp³-hybridized carbons (Fsp3) is 0.320. The predicted octanol–water partition coefficient (Wildman–Crippen LogP) is 4.27. The van der Waals surface area contributed by atoms with Crippen LogP contribution < -0.4 is 25.4 Å². The summed E-state index contributed by atoms with van der Waals surface area (Å²) < 4.78 is 15.5. The molecule has 0 saturated carbocycles. The zero-order valence-electron chi connectivity index (χ0n) is 20.4. The van der Waals surface area contributed by atoms with Gasteiger partial charge >= 0.3 is 18.0 Å². The Kier molecular flexibility index (Phi) is 8.19. The Morgan fingerprint density at radius 1 is 1.00 bits per heavy atom. The number of allylic oxidation sites excluding steroid dienone is 1. The van der Waals surface area contributed by atoms with E-state index in [9.17, 15) is 14.4 Å². The highest BCUT2D eigenvalue weighted by Gasteiger charge is 2.36. The molecule has 3 rings (SSSR count). The summed E-state index contributed by atoms with van der Waals surface area (Å²) in [5.41, 5.74) is 2.45. The van der Waals surface area contributed by atoms with Crippen molar-refractivity contribution < 1.29 is 28.6 Å². The Bertz CT molecular complexity index is 1120. The van der Waals surface area contributed by atoms with Crippen LogP contribution in [0.3, 0.4) is 0 Å². The Labute approximate surface area is 204 Å². The second kappa shape index (κ2) is 11.3. The van der Waals surface area contributed by atoms with Crippen molar-refractivity contribution in [3.63, 3.8) is 0 Å². The third kappa shape index (κ3) is 5.84. The van der Waals surface area contributed by atoms with Crippen molar-refractivity contribution >= 4 is 29.4 Å². The molecule has 2 aromatic carbocycles. The van der Waals surface area contributed by atoms with Crippen LogP contribution in [0.2, 0.25) is 0 Å². The summed E-state index contributed by atoms with van der Waals surface area (Å²) in [5.74, 6) is 0.533. The van der Waals surface area contributed by atoms with Crippen LogP contribution in [0, 0.1) is 0 Å². The minimum atomic E-state index is -0.726. The second-order valence-corrected chi connectivity index (χ2v) is 7.83. The molecule has 0 fully saturated rings. The van der Waals surface area contributed by atoms with Gasteiger partial charge in [0, 0.05) is 41.8 Å². The van der Waals surface area contributed by atoms with Crippen molar-refractivity contribution in [2.45, 2.75) is 26.3 Å². The molecule has 0 saturated heterocycles. The number of anilines is 2. The normalized spacial score (nSPS) is 15.3. The monoisotopic (exact) mass is 482 g/mol. The molecular weight excluding hydrogens is 452 g/mol. The summed E-state index contributed by atoms with van der Waals surface area (Å²) in [6, 6.07) is 10.4. The van der Waals surface area contributed by atoms with Gasteiger partial charge in [-0.05, 0) is 31.0 Å². The van der Waals surface area contributed by atoms with Gasteiger partial charge in [0.15, 0.2) is 0 Å². The smallest absolute Gasteiger partial charge is 0.337 e. The second-order valence-electron chi connectivity index (χ2n) is 7.83. The molecule has 2 aromatic rings. The van der Waals surface area contributed by atoms with Crippen molar-refractivity contribution in [3.05, 3.63) is 59.3 Å². The Morgan fingerprint density at radius 2 is 1.66 bits per heavy atom. The number of rotatable bonds is 8. The number of benzene rings is 2. The molecule has 35 heavy (non-hydrogen) atoms. The number of ether oxygens (including phenoxy) is 3. The zero-order valence-corrected chi connectivity index (χ0v) is 20.4. The minimum Gasteiger partial charge on any atom is -0.497 e. The topological polar surface area (TPSA) is 118 Å². The van der Waals surface area contributed by atoms with Gasteiger partial charge in [-0.3, -0.25) is 4.90 Å². The van der Waals surface area contributed by atoms with E-state index in [-0.39, 0.29) is 6.03 Å². The van der Waals surface area contributed by atoms with Crippen molar-refractivity contribution in [1.82, 2.24) is 10.2 Å². The molecular formula is C25H30N4O6. The summed E-state index contributed by atoms with van der Waals surface area (Å²) in [5, 5.41) is 8.39. The van der Waals surface area contributed by atoms with Gasteiger partial charge in [0.2, 0.25) is 0 Å². The van der Waals surface area contributed by atoms with E-state index < -0.39 is 18.0 Å². The summed E-state index contributed by atoms with van der Waals surface area (Å²) >= 11 is 0. The molecule has 3 N–H and O–H groups in total. The average Bonchev–Trinajstić information content (AvgIpc) is 2.85. The van der Waals surface area contributed by atoms with Gasteiger partial charge in [0.1, 0.15) is 11.5 Å². The number of esters is 1. The van der Waals surface area contributed by atoms with Crippen LogP contribution in [0.4, 0.5) is 21.0 Å². The first-order chi connectivity index (χ1) is 16.8. The largest absolute Gasteiger partial charge is 0.497 e. The maximum atomic E-state index is 12.7. The van der Waals surface area contributed by atoms with Crippen molar-refractivity contribution in [1.29, 1.82) is 0 Å². The fourth-order valence-corrected chi connectivity index (χ4v) is 3.87. The third-order valence-corrected chi connectivity index (χ3v) is 5.54. The third-order valence-electron chi connectivity index (χ3n) is 5.54. The van der Waals surface area contributed by atoms with Gasteiger partial charge in [-0.25, -0.2) is 14.4 Å². The van der Waals surface area contributed by atoms with E-state index in [1.807, 2.05) is 6.92 Å². The highest BCUT2D eigenvalue weighted by molar-refractivity contribution is 6.00. The molecule has 0 radical (unpaired) electrons. The van der Waals surface area contributed by atoms with Gasteiger partial charge in [-0.1, -0.05) is 19.1 Å². The molecule has 1 aliphatic rings. The Balaban J connectivity index is 1.85. The zero-order chi connectivity index (χ0) is 25.5. The number of urea groups is 2. The molecule has 0 aliphatic carbocycles. The van der Waals surface area contributed by atoms with E-state index in [0.717, 1.165) is 6.42 Å². The van der Waals surface area contributed by atoms with E-state index in [4.69, 9.17) is 14.2 Å². The lowest BCUT2D eigenvalue weighted by Gasteiger charge is -2.35. The molecule has 186 valence electrons. The first-order valence-electron chi connectivity index (χ1n) is 11.1. The molecule has 1 aliphatic heterocycles. The van der Waals surface area contributed by atoms with E-state index >= 15 is 0 Å². The molecule has 1 atom stereocenters. The van der Waals surface area contributed by atoms with Gasteiger partial charge in [-0.2, -0.15) is 0 Å². The summed E-state index contributed by atoms with van der Waals surface area (Å²) in [6.45, 7) is 4.15. The lowest BCUT2D eigenvalue weighted by molar-refractivity contribution is -0.136.